The number of carbonyl (C=O) groups excluding carboxylic acids is 2. The molecule has 0 unspecified atom stereocenters. The van der Waals surface area contributed by atoms with Crippen LogP contribution < -0.4 is 15.4 Å². The number of thiophene rings is 1. The van der Waals surface area contributed by atoms with Crippen LogP contribution in [0, 0.1) is 5.82 Å². The van der Waals surface area contributed by atoms with Crippen molar-refractivity contribution in [3.05, 3.63) is 82.3 Å². The third kappa shape index (κ3) is 5.40. The van der Waals surface area contributed by atoms with Gasteiger partial charge in [0.1, 0.15) is 0 Å². The van der Waals surface area contributed by atoms with E-state index in [4.69, 9.17) is 4.74 Å². The van der Waals surface area contributed by atoms with E-state index in [0.29, 0.717) is 35.7 Å². The summed E-state index contributed by atoms with van der Waals surface area (Å²) in [7, 11) is 0. The van der Waals surface area contributed by atoms with Crippen LogP contribution in [-0.4, -0.2) is 25.0 Å². The average molecular weight is 398 g/mol. The summed E-state index contributed by atoms with van der Waals surface area (Å²) in [5.74, 6) is -0.601. The minimum atomic E-state index is -0.405. The third-order valence-electron chi connectivity index (χ3n) is 3.85. The number of hydrogen-bond acceptors (Lipinski definition) is 4. The first-order chi connectivity index (χ1) is 13.6. The highest BCUT2D eigenvalue weighted by Gasteiger charge is 2.09. The summed E-state index contributed by atoms with van der Waals surface area (Å²) < 4.78 is 18.8. The molecule has 7 heteroatoms. The van der Waals surface area contributed by atoms with E-state index in [0.717, 1.165) is 0 Å². The van der Waals surface area contributed by atoms with E-state index in [1.165, 1.54) is 17.4 Å². The number of amides is 2. The SMILES string of the molecule is O=C(NCCCOc1ccccc1F)c1ccc(NC(=O)c2cccs2)cc1. The van der Waals surface area contributed by atoms with Crippen molar-refractivity contribution in [1.82, 2.24) is 5.32 Å². The maximum absolute atomic E-state index is 13.4. The molecular formula is C21H19FN2O3S. The van der Waals surface area contributed by atoms with Gasteiger partial charge >= 0.3 is 0 Å². The van der Waals surface area contributed by atoms with Crippen LogP contribution in [-0.2, 0) is 0 Å². The molecule has 3 rings (SSSR count). The van der Waals surface area contributed by atoms with Gasteiger partial charge in [-0.3, -0.25) is 9.59 Å². The summed E-state index contributed by atoms with van der Waals surface area (Å²) in [5.41, 5.74) is 1.11. The van der Waals surface area contributed by atoms with Gasteiger partial charge in [-0.15, -0.1) is 11.3 Å². The number of rotatable bonds is 8. The number of carbonyl (C=O) groups is 2. The molecule has 28 heavy (non-hydrogen) atoms. The third-order valence-corrected chi connectivity index (χ3v) is 4.72. The van der Waals surface area contributed by atoms with E-state index in [1.54, 1.807) is 48.5 Å². The number of hydrogen-bond donors (Lipinski definition) is 2. The normalized spacial score (nSPS) is 10.3. The molecule has 0 aliphatic carbocycles. The van der Waals surface area contributed by atoms with Gasteiger partial charge < -0.3 is 15.4 Å². The zero-order chi connectivity index (χ0) is 19.8. The first kappa shape index (κ1) is 19.6. The van der Waals surface area contributed by atoms with E-state index in [2.05, 4.69) is 10.6 Å². The zero-order valence-electron chi connectivity index (χ0n) is 15.0. The Balaban J connectivity index is 1.41. The molecule has 1 aromatic heterocycles. The quantitative estimate of drug-likeness (QED) is 0.555. The van der Waals surface area contributed by atoms with Gasteiger partial charge in [-0.05, 0) is 54.3 Å². The Morgan fingerprint density at radius 2 is 1.75 bits per heavy atom. The van der Waals surface area contributed by atoms with Crippen molar-refractivity contribution in [1.29, 1.82) is 0 Å². The molecule has 0 saturated carbocycles. The van der Waals surface area contributed by atoms with Crippen molar-refractivity contribution in [3.63, 3.8) is 0 Å². The van der Waals surface area contributed by atoms with Crippen LogP contribution in [0.3, 0.4) is 0 Å². The fourth-order valence-corrected chi connectivity index (χ4v) is 3.04. The second-order valence-corrected chi connectivity index (χ2v) is 6.84. The Kier molecular flexibility index (Phi) is 6.75. The second-order valence-electron chi connectivity index (χ2n) is 5.90. The van der Waals surface area contributed by atoms with Gasteiger partial charge in [0.25, 0.3) is 11.8 Å². The van der Waals surface area contributed by atoms with Gasteiger partial charge in [0.2, 0.25) is 0 Å². The minimum absolute atomic E-state index is 0.179. The molecule has 0 spiro atoms. The number of para-hydroxylation sites is 1. The smallest absolute Gasteiger partial charge is 0.265 e. The lowest BCUT2D eigenvalue weighted by Gasteiger charge is -2.09. The summed E-state index contributed by atoms with van der Waals surface area (Å²) >= 11 is 1.36. The van der Waals surface area contributed by atoms with Gasteiger partial charge in [-0.1, -0.05) is 18.2 Å². The summed E-state index contributed by atoms with van der Waals surface area (Å²) in [6.07, 6.45) is 0.551. The molecule has 0 saturated heterocycles. The molecule has 0 radical (unpaired) electrons. The van der Waals surface area contributed by atoms with Crippen molar-refractivity contribution in [2.45, 2.75) is 6.42 Å². The molecule has 3 aromatic rings. The summed E-state index contributed by atoms with van der Waals surface area (Å²) in [6.45, 7) is 0.707. The molecule has 0 bridgehead atoms. The fourth-order valence-electron chi connectivity index (χ4n) is 2.43. The minimum Gasteiger partial charge on any atom is -0.490 e. The highest BCUT2D eigenvalue weighted by Crippen LogP contribution is 2.16. The van der Waals surface area contributed by atoms with E-state index in [1.807, 2.05) is 11.4 Å². The number of anilines is 1. The highest BCUT2D eigenvalue weighted by molar-refractivity contribution is 7.12. The van der Waals surface area contributed by atoms with Crippen LogP contribution in [0.15, 0.2) is 66.0 Å². The Labute approximate surface area is 166 Å². The molecule has 144 valence electrons. The lowest BCUT2D eigenvalue weighted by Crippen LogP contribution is -2.25. The van der Waals surface area contributed by atoms with Crippen molar-refractivity contribution < 1.29 is 18.7 Å². The molecule has 1 heterocycles. The summed E-state index contributed by atoms with van der Waals surface area (Å²) in [5, 5.41) is 7.40. The molecule has 2 amide bonds. The first-order valence-corrected chi connectivity index (χ1v) is 9.62. The molecule has 2 N–H and O–H groups in total. The Morgan fingerprint density at radius 1 is 0.964 bits per heavy atom. The monoisotopic (exact) mass is 398 g/mol. The topological polar surface area (TPSA) is 67.4 Å². The zero-order valence-corrected chi connectivity index (χ0v) is 15.8. The van der Waals surface area contributed by atoms with Crippen molar-refractivity contribution in [2.24, 2.45) is 0 Å². The van der Waals surface area contributed by atoms with Crippen molar-refractivity contribution in [3.8, 4) is 5.75 Å². The fraction of sp³-hybridized carbons (Fsp3) is 0.143. The number of benzene rings is 2. The van der Waals surface area contributed by atoms with Gasteiger partial charge in [-0.2, -0.15) is 0 Å². The maximum Gasteiger partial charge on any atom is 0.265 e. The van der Waals surface area contributed by atoms with Gasteiger partial charge in [-0.25, -0.2) is 4.39 Å². The van der Waals surface area contributed by atoms with Crippen LogP contribution in [0.1, 0.15) is 26.5 Å². The average Bonchev–Trinajstić information content (AvgIpc) is 3.24. The van der Waals surface area contributed by atoms with E-state index in [9.17, 15) is 14.0 Å². The summed E-state index contributed by atoms with van der Waals surface area (Å²) in [6, 6.07) is 16.4. The number of ether oxygens (including phenoxy) is 1. The Hall–Kier alpha value is -3.19. The van der Waals surface area contributed by atoms with Crippen LogP contribution in [0.2, 0.25) is 0 Å². The molecule has 0 aliphatic rings. The predicted octanol–water partition coefficient (Wildman–Crippen LogP) is 4.34. The Morgan fingerprint density at radius 3 is 2.46 bits per heavy atom. The van der Waals surface area contributed by atoms with Crippen LogP contribution in [0.25, 0.3) is 0 Å². The van der Waals surface area contributed by atoms with Crippen LogP contribution >= 0.6 is 11.3 Å². The first-order valence-electron chi connectivity index (χ1n) is 8.74. The second kappa shape index (κ2) is 9.66. The maximum atomic E-state index is 13.4. The number of nitrogens with one attached hydrogen (secondary N) is 2. The molecule has 0 aliphatic heterocycles. The molecule has 5 nitrogen and oxygen atoms in total. The van der Waals surface area contributed by atoms with Gasteiger partial charge in [0.05, 0.1) is 11.5 Å². The van der Waals surface area contributed by atoms with Gasteiger partial charge in [0, 0.05) is 17.8 Å². The van der Waals surface area contributed by atoms with Crippen LogP contribution in [0.5, 0.6) is 5.75 Å². The van der Waals surface area contributed by atoms with Gasteiger partial charge in [0.15, 0.2) is 11.6 Å². The molecule has 0 fully saturated rings. The predicted molar refractivity (Wildman–Crippen MR) is 108 cm³/mol. The largest absolute Gasteiger partial charge is 0.490 e. The standard InChI is InChI=1S/C21H19FN2O3S/c22-17-5-1-2-6-18(17)27-13-4-12-23-20(25)15-8-10-16(11-9-15)24-21(26)19-7-3-14-28-19/h1-3,5-11,14H,4,12-13H2,(H,23,25)(H,24,26). The highest BCUT2D eigenvalue weighted by atomic mass is 32.1. The van der Waals surface area contributed by atoms with E-state index < -0.39 is 5.82 Å². The lowest BCUT2D eigenvalue weighted by molar-refractivity contribution is 0.0951. The van der Waals surface area contributed by atoms with Crippen molar-refractivity contribution in [2.75, 3.05) is 18.5 Å². The van der Waals surface area contributed by atoms with E-state index >= 15 is 0 Å². The molecule has 0 atom stereocenters. The Bertz CT molecular complexity index is 927. The van der Waals surface area contributed by atoms with E-state index in [-0.39, 0.29) is 17.6 Å². The van der Waals surface area contributed by atoms with Crippen molar-refractivity contribution >= 4 is 28.8 Å². The lowest BCUT2D eigenvalue weighted by atomic mass is 10.2. The number of halogens is 1. The molecular weight excluding hydrogens is 379 g/mol. The summed E-state index contributed by atoms with van der Waals surface area (Å²) in [4.78, 5) is 24.8. The molecule has 2 aromatic carbocycles. The van der Waals surface area contributed by atoms with Crippen LogP contribution in [0.4, 0.5) is 10.1 Å².